The Hall–Kier alpha value is -2.49. The van der Waals surface area contributed by atoms with Crippen molar-refractivity contribution < 1.29 is 23.8 Å². The minimum Gasteiger partial charge on any atom is -0.495 e. The van der Waals surface area contributed by atoms with Crippen LogP contribution in [-0.4, -0.2) is 48.5 Å². The number of carbonyl (C=O) groups is 2. The number of halogens is 3. The van der Waals surface area contributed by atoms with Crippen molar-refractivity contribution in [1.82, 2.24) is 9.97 Å². The monoisotopic (exact) mass is 518 g/mol. The normalized spacial score (nSPS) is 11.1. The maximum absolute atomic E-state index is 13.8. The summed E-state index contributed by atoms with van der Waals surface area (Å²) in [7, 11) is 2.76. The lowest BCUT2D eigenvalue weighted by Gasteiger charge is -2.32. The Balaban J connectivity index is 2.76. The summed E-state index contributed by atoms with van der Waals surface area (Å²) in [6.07, 6.45) is 0.742. The lowest BCUT2D eigenvalue weighted by atomic mass is 10.2. The molecule has 9 nitrogen and oxygen atoms in total. The standard InChI is InChI=1S/C21H25Cl3N4O5/c1-7-8-27(15-10-14(22)25-11-26-15)19(29)28(20(30)33-21(2,3)4)18-16(23)12(31-5)9-13(32-6)17(18)24/h9-11H,7-8H2,1-6H3. The summed E-state index contributed by atoms with van der Waals surface area (Å²) in [5.74, 6) is 0.459. The number of hydrogen-bond acceptors (Lipinski definition) is 7. The number of aromatic nitrogens is 2. The molecule has 0 fully saturated rings. The van der Waals surface area contributed by atoms with Crippen LogP contribution in [0.4, 0.5) is 21.1 Å². The second-order valence-corrected chi connectivity index (χ2v) is 8.85. The minimum atomic E-state index is -1.01. The Morgan fingerprint density at radius 3 is 2.03 bits per heavy atom. The van der Waals surface area contributed by atoms with Crippen LogP contribution in [0.15, 0.2) is 18.5 Å². The lowest BCUT2D eigenvalue weighted by molar-refractivity contribution is 0.0594. The third-order valence-corrected chi connectivity index (χ3v) is 5.05. The van der Waals surface area contributed by atoms with Gasteiger partial charge in [-0.15, -0.1) is 0 Å². The van der Waals surface area contributed by atoms with Crippen molar-refractivity contribution in [1.29, 1.82) is 0 Å². The average Bonchev–Trinajstić information content (AvgIpc) is 2.73. The third-order valence-electron chi connectivity index (χ3n) is 4.12. The first kappa shape index (κ1) is 26.8. The zero-order chi connectivity index (χ0) is 24.9. The van der Waals surface area contributed by atoms with Crippen LogP contribution in [0.2, 0.25) is 15.2 Å². The Morgan fingerprint density at radius 1 is 1.00 bits per heavy atom. The van der Waals surface area contributed by atoms with Crippen LogP contribution < -0.4 is 19.3 Å². The SMILES string of the molecule is CCCN(C(=O)N(C(=O)OC(C)(C)C)c1c(Cl)c(OC)cc(OC)c1Cl)c1cc(Cl)ncn1. The molecule has 0 spiro atoms. The van der Waals surface area contributed by atoms with Crippen LogP contribution in [0.5, 0.6) is 11.5 Å². The number of ether oxygens (including phenoxy) is 3. The smallest absolute Gasteiger partial charge is 0.423 e. The number of rotatable bonds is 6. The summed E-state index contributed by atoms with van der Waals surface area (Å²) in [5.41, 5.74) is -1.08. The van der Waals surface area contributed by atoms with Crippen molar-refractivity contribution in [3.05, 3.63) is 33.7 Å². The van der Waals surface area contributed by atoms with Crippen LogP contribution in [0.25, 0.3) is 0 Å². The molecule has 1 aromatic carbocycles. The van der Waals surface area contributed by atoms with Crippen molar-refractivity contribution in [2.45, 2.75) is 39.7 Å². The van der Waals surface area contributed by atoms with Crippen molar-refractivity contribution in [3.8, 4) is 11.5 Å². The van der Waals surface area contributed by atoms with Gasteiger partial charge in [-0.1, -0.05) is 41.7 Å². The molecule has 0 aliphatic heterocycles. The molecule has 0 atom stereocenters. The highest BCUT2D eigenvalue weighted by Crippen LogP contribution is 2.46. The van der Waals surface area contributed by atoms with Crippen molar-refractivity contribution in [2.24, 2.45) is 0 Å². The van der Waals surface area contributed by atoms with Gasteiger partial charge in [0.15, 0.2) is 0 Å². The van der Waals surface area contributed by atoms with E-state index in [9.17, 15) is 9.59 Å². The number of hydrogen-bond donors (Lipinski definition) is 0. The number of anilines is 2. The molecule has 33 heavy (non-hydrogen) atoms. The van der Waals surface area contributed by atoms with Crippen molar-refractivity contribution in [3.63, 3.8) is 0 Å². The van der Waals surface area contributed by atoms with Gasteiger partial charge in [-0.2, -0.15) is 4.90 Å². The van der Waals surface area contributed by atoms with Gasteiger partial charge in [0.2, 0.25) is 0 Å². The predicted octanol–water partition coefficient (Wildman–Crippen LogP) is 6.23. The maximum Gasteiger partial charge on any atom is 0.423 e. The molecule has 0 bridgehead atoms. The number of urea groups is 1. The highest BCUT2D eigenvalue weighted by atomic mass is 35.5. The van der Waals surface area contributed by atoms with E-state index in [4.69, 9.17) is 49.0 Å². The first-order valence-electron chi connectivity index (χ1n) is 9.87. The zero-order valence-electron chi connectivity index (χ0n) is 19.1. The van der Waals surface area contributed by atoms with Crippen LogP contribution in [-0.2, 0) is 4.74 Å². The molecule has 180 valence electrons. The molecular weight excluding hydrogens is 495 g/mol. The fourth-order valence-electron chi connectivity index (χ4n) is 2.77. The summed E-state index contributed by atoms with van der Waals surface area (Å²) in [6.45, 7) is 7.04. The van der Waals surface area contributed by atoms with Crippen LogP contribution in [0.1, 0.15) is 34.1 Å². The predicted molar refractivity (Wildman–Crippen MR) is 128 cm³/mol. The summed E-state index contributed by atoms with van der Waals surface area (Å²) in [6, 6.07) is 2.03. The molecule has 2 rings (SSSR count). The topological polar surface area (TPSA) is 94.1 Å². The molecule has 0 aliphatic rings. The lowest BCUT2D eigenvalue weighted by Crippen LogP contribution is -2.49. The van der Waals surface area contributed by atoms with Gasteiger partial charge in [0.25, 0.3) is 0 Å². The number of benzene rings is 1. The van der Waals surface area contributed by atoms with E-state index >= 15 is 0 Å². The summed E-state index contributed by atoms with van der Waals surface area (Å²) >= 11 is 19.0. The van der Waals surface area contributed by atoms with Crippen molar-refractivity contribution >= 4 is 58.4 Å². The number of amides is 3. The molecule has 2 aromatic rings. The van der Waals surface area contributed by atoms with Crippen molar-refractivity contribution in [2.75, 3.05) is 30.6 Å². The van der Waals surface area contributed by atoms with E-state index in [0.29, 0.717) is 6.42 Å². The van der Waals surface area contributed by atoms with E-state index in [0.717, 1.165) is 4.90 Å². The van der Waals surface area contributed by atoms with Crippen LogP contribution in [0.3, 0.4) is 0 Å². The molecular formula is C21H25Cl3N4O5. The molecule has 0 radical (unpaired) electrons. The van der Waals surface area contributed by atoms with E-state index in [2.05, 4.69) is 9.97 Å². The van der Waals surface area contributed by atoms with E-state index in [1.165, 1.54) is 37.6 Å². The fourth-order valence-corrected chi connectivity index (χ4v) is 3.58. The highest BCUT2D eigenvalue weighted by molar-refractivity contribution is 6.43. The molecule has 1 aromatic heterocycles. The van der Waals surface area contributed by atoms with Gasteiger partial charge < -0.3 is 14.2 Å². The Morgan fingerprint density at radius 2 is 1.58 bits per heavy atom. The molecule has 0 saturated heterocycles. The van der Waals surface area contributed by atoms with Gasteiger partial charge in [0.05, 0.1) is 14.2 Å². The van der Waals surface area contributed by atoms with E-state index in [-0.39, 0.29) is 44.7 Å². The third kappa shape index (κ3) is 6.31. The first-order valence-corrected chi connectivity index (χ1v) is 11.0. The van der Waals surface area contributed by atoms with Gasteiger partial charge in [0, 0.05) is 18.7 Å². The molecule has 0 saturated carbocycles. The van der Waals surface area contributed by atoms with Gasteiger partial charge >= 0.3 is 12.1 Å². The van der Waals surface area contributed by atoms with Gasteiger partial charge in [-0.25, -0.2) is 19.6 Å². The van der Waals surface area contributed by atoms with E-state index < -0.39 is 17.7 Å². The van der Waals surface area contributed by atoms with Gasteiger partial charge in [0.1, 0.15) is 50.1 Å². The number of nitrogens with zero attached hydrogens (tertiary/aromatic N) is 4. The summed E-state index contributed by atoms with van der Waals surface area (Å²) < 4.78 is 16.1. The second-order valence-electron chi connectivity index (χ2n) is 7.71. The van der Waals surface area contributed by atoms with Gasteiger partial charge in [-0.05, 0) is 27.2 Å². The second kappa shape index (κ2) is 11.1. The van der Waals surface area contributed by atoms with Gasteiger partial charge in [-0.3, -0.25) is 4.90 Å². The Kier molecular flexibility index (Phi) is 8.99. The molecule has 12 heteroatoms. The molecule has 1 heterocycles. The Bertz CT molecular complexity index is 1000. The number of imide groups is 1. The zero-order valence-corrected chi connectivity index (χ0v) is 21.4. The Labute approximate surface area is 207 Å². The summed E-state index contributed by atoms with van der Waals surface area (Å²) in [4.78, 5) is 37.1. The van der Waals surface area contributed by atoms with E-state index in [1.54, 1.807) is 20.8 Å². The average molecular weight is 520 g/mol. The molecule has 0 aliphatic carbocycles. The minimum absolute atomic E-state index is 0.0836. The first-order chi connectivity index (χ1) is 15.4. The summed E-state index contributed by atoms with van der Waals surface area (Å²) in [5, 5.41) is -0.0452. The highest BCUT2D eigenvalue weighted by Gasteiger charge is 2.37. The van der Waals surface area contributed by atoms with E-state index in [1.807, 2.05) is 6.92 Å². The molecule has 0 N–H and O–H groups in total. The van der Waals surface area contributed by atoms with Crippen LogP contribution in [0, 0.1) is 0 Å². The quantitative estimate of drug-likeness (QED) is 0.417. The number of methoxy groups -OCH3 is 2. The molecule has 0 unspecified atom stereocenters. The fraction of sp³-hybridized carbons (Fsp3) is 0.429. The molecule has 3 amide bonds. The number of carbonyl (C=O) groups excluding carboxylic acids is 2. The maximum atomic E-state index is 13.8. The largest absolute Gasteiger partial charge is 0.495 e. The van der Waals surface area contributed by atoms with Crippen LogP contribution >= 0.6 is 34.8 Å².